The number of imidazole rings is 1. The van der Waals surface area contributed by atoms with Gasteiger partial charge in [0.05, 0.1) is 22.2 Å². The number of rotatable bonds is 4. The van der Waals surface area contributed by atoms with E-state index in [2.05, 4.69) is 170 Å². The van der Waals surface area contributed by atoms with Crippen LogP contribution in [0.15, 0.2) is 146 Å². The molecule has 0 saturated heterocycles. The lowest BCUT2D eigenvalue weighted by molar-refractivity contribution is 0.413. The van der Waals surface area contributed by atoms with Gasteiger partial charge in [-0.2, -0.15) is 0 Å². The number of pyridine rings is 1. The summed E-state index contributed by atoms with van der Waals surface area (Å²) in [7, 11) is 0. The number of H-pyrrole nitrogens is 1. The molecule has 4 nitrogen and oxygen atoms in total. The van der Waals surface area contributed by atoms with Crippen LogP contribution in [0.2, 0.25) is 0 Å². The van der Waals surface area contributed by atoms with E-state index >= 15 is 0 Å². The van der Waals surface area contributed by atoms with Crippen LogP contribution >= 0.6 is 0 Å². The largest absolute Gasteiger partial charge is 0.354 e. The third-order valence-corrected chi connectivity index (χ3v) is 9.45. The molecule has 3 heterocycles. The van der Waals surface area contributed by atoms with Crippen molar-refractivity contribution in [1.82, 2.24) is 19.5 Å². The van der Waals surface area contributed by atoms with E-state index in [0.717, 1.165) is 61.4 Å². The lowest BCUT2D eigenvalue weighted by atomic mass is 9.93. The predicted octanol–water partition coefficient (Wildman–Crippen LogP) is 11.6. The van der Waals surface area contributed by atoms with Crippen molar-refractivity contribution < 1.29 is 0 Å². The smallest absolute Gasteiger partial charge is 0.143 e. The summed E-state index contributed by atoms with van der Waals surface area (Å²) in [4.78, 5) is 14.1. The second-order valence-electron chi connectivity index (χ2n) is 13.6. The first kappa shape index (κ1) is 28.2. The Morgan fingerprint density at radius 2 is 1.29 bits per heavy atom. The van der Waals surface area contributed by atoms with Gasteiger partial charge in [0.1, 0.15) is 5.82 Å². The number of aromatic nitrogens is 4. The molecule has 0 fully saturated rings. The second-order valence-corrected chi connectivity index (χ2v) is 13.6. The van der Waals surface area contributed by atoms with E-state index in [1.807, 2.05) is 6.20 Å². The number of nitrogens with one attached hydrogen (secondary N) is 1. The van der Waals surface area contributed by atoms with Crippen LogP contribution in [-0.2, 0) is 5.54 Å². The minimum absolute atomic E-state index is 0.215. The molecule has 6 aromatic carbocycles. The molecule has 9 aromatic rings. The Labute approximate surface area is 279 Å². The molecule has 3 aromatic heterocycles. The fourth-order valence-electron chi connectivity index (χ4n) is 7.32. The van der Waals surface area contributed by atoms with Gasteiger partial charge in [0.2, 0.25) is 0 Å². The fraction of sp³-hybridized carbons (Fsp3) is 0.0909. The summed E-state index contributed by atoms with van der Waals surface area (Å²) < 4.78 is 2.40. The first-order chi connectivity index (χ1) is 23.4. The van der Waals surface area contributed by atoms with Crippen LogP contribution < -0.4 is 0 Å². The van der Waals surface area contributed by atoms with Crippen molar-refractivity contribution in [3.8, 4) is 44.9 Å². The Balaban J connectivity index is 1.29. The molecule has 0 saturated carbocycles. The Morgan fingerprint density at radius 1 is 0.562 bits per heavy atom. The van der Waals surface area contributed by atoms with Gasteiger partial charge in [-0.05, 0) is 90.7 Å². The van der Waals surface area contributed by atoms with E-state index in [4.69, 9.17) is 9.97 Å². The highest BCUT2D eigenvalue weighted by atomic mass is 15.1. The number of nitrogens with zero attached hydrogens (tertiary/aromatic N) is 3. The summed E-state index contributed by atoms with van der Waals surface area (Å²) in [5.74, 6) is 0.959. The van der Waals surface area contributed by atoms with E-state index in [0.29, 0.717) is 0 Å². The number of fused-ring (bicyclic) bond motifs is 5. The zero-order valence-electron chi connectivity index (χ0n) is 27.2. The highest BCUT2D eigenvalue weighted by molar-refractivity contribution is 6.12. The zero-order valence-corrected chi connectivity index (χ0v) is 27.2. The molecule has 0 bridgehead atoms. The van der Waals surface area contributed by atoms with Crippen LogP contribution in [0.1, 0.15) is 20.8 Å². The molecule has 1 N–H and O–H groups in total. The van der Waals surface area contributed by atoms with Crippen LogP contribution in [0, 0.1) is 0 Å². The topological polar surface area (TPSA) is 46.5 Å². The summed E-state index contributed by atoms with van der Waals surface area (Å²) in [6.45, 7) is 6.78. The Kier molecular flexibility index (Phi) is 6.34. The van der Waals surface area contributed by atoms with Crippen LogP contribution in [0.4, 0.5) is 0 Å². The van der Waals surface area contributed by atoms with Crippen LogP contribution in [0.3, 0.4) is 0 Å². The van der Waals surface area contributed by atoms with Gasteiger partial charge in [-0.1, -0.05) is 97.1 Å². The molecule has 48 heavy (non-hydrogen) atoms. The van der Waals surface area contributed by atoms with Gasteiger partial charge in [-0.25, -0.2) is 4.98 Å². The SMILES string of the molecule is CC(C)(C)n1c(-c2cccc3c2[nH]c2ccccc23)nc2c(-c3cc(-c4cc(-c5ccccc5)ccn4)c4ccccc4c3)cccc21. The van der Waals surface area contributed by atoms with E-state index in [1.165, 1.54) is 27.1 Å². The van der Waals surface area contributed by atoms with Crippen LogP contribution in [0.25, 0.3) is 88.5 Å². The number of hydrogen-bond acceptors (Lipinski definition) is 2. The van der Waals surface area contributed by atoms with Gasteiger partial charge in [-0.15, -0.1) is 0 Å². The van der Waals surface area contributed by atoms with Gasteiger partial charge >= 0.3 is 0 Å². The van der Waals surface area contributed by atoms with Crippen molar-refractivity contribution in [1.29, 1.82) is 0 Å². The summed E-state index contributed by atoms with van der Waals surface area (Å²) in [5.41, 5.74) is 11.8. The highest BCUT2D eigenvalue weighted by Gasteiger charge is 2.26. The molecular formula is C44H34N4. The number of benzene rings is 6. The second kappa shape index (κ2) is 10.8. The molecule has 0 aliphatic heterocycles. The number of aromatic amines is 1. The zero-order chi connectivity index (χ0) is 32.4. The molecule has 230 valence electrons. The molecule has 0 unspecified atom stereocenters. The molecule has 0 aliphatic rings. The van der Waals surface area contributed by atoms with E-state index in [1.54, 1.807) is 0 Å². The third kappa shape index (κ3) is 4.52. The molecule has 0 amide bonds. The Morgan fingerprint density at radius 3 is 2.15 bits per heavy atom. The molecule has 4 heteroatoms. The van der Waals surface area contributed by atoms with Crippen molar-refractivity contribution in [2.24, 2.45) is 0 Å². The molecular weight excluding hydrogens is 585 g/mol. The third-order valence-electron chi connectivity index (χ3n) is 9.45. The maximum absolute atomic E-state index is 5.51. The van der Waals surface area contributed by atoms with Crippen molar-refractivity contribution in [3.63, 3.8) is 0 Å². The molecule has 0 aliphatic carbocycles. The normalized spacial score (nSPS) is 12.1. The number of para-hydroxylation sites is 3. The predicted molar refractivity (Wildman–Crippen MR) is 201 cm³/mol. The van der Waals surface area contributed by atoms with Gasteiger partial charge in [0, 0.05) is 44.7 Å². The maximum atomic E-state index is 5.51. The summed E-state index contributed by atoms with van der Waals surface area (Å²) in [6, 6.07) is 49.6. The minimum atomic E-state index is -0.215. The van der Waals surface area contributed by atoms with Gasteiger partial charge in [0.25, 0.3) is 0 Å². The molecule has 9 rings (SSSR count). The van der Waals surface area contributed by atoms with E-state index in [-0.39, 0.29) is 5.54 Å². The molecule has 0 spiro atoms. The first-order valence-corrected chi connectivity index (χ1v) is 16.5. The number of hydrogen-bond donors (Lipinski definition) is 1. The van der Waals surface area contributed by atoms with Gasteiger partial charge in [-0.3, -0.25) is 4.98 Å². The van der Waals surface area contributed by atoms with Crippen molar-refractivity contribution in [3.05, 3.63) is 146 Å². The summed E-state index contributed by atoms with van der Waals surface area (Å²) in [5, 5.41) is 4.78. The lowest BCUT2D eigenvalue weighted by Gasteiger charge is -2.25. The standard InChI is InChI=1S/C44H34N4/c1-44(2,3)48-40-22-12-18-33(42(40)47-43(48)36-20-11-19-35-34-17-9-10-21-38(34)46-41(35)36)31-25-30-15-7-8-16-32(30)37(26-31)39-27-29(23-24-45-39)28-13-5-4-6-14-28/h4-27,46H,1-3H3. The quantitative estimate of drug-likeness (QED) is 0.213. The highest BCUT2D eigenvalue weighted by Crippen LogP contribution is 2.41. The minimum Gasteiger partial charge on any atom is -0.354 e. The van der Waals surface area contributed by atoms with E-state index < -0.39 is 0 Å². The van der Waals surface area contributed by atoms with Crippen molar-refractivity contribution in [2.45, 2.75) is 26.3 Å². The Hall–Kier alpha value is -6.00. The van der Waals surface area contributed by atoms with Crippen LogP contribution in [-0.4, -0.2) is 19.5 Å². The lowest BCUT2D eigenvalue weighted by Crippen LogP contribution is -2.22. The van der Waals surface area contributed by atoms with Gasteiger partial charge in [0.15, 0.2) is 0 Å². The van der Waals surface area contributed by atoms with E-state index in [9.17, 15) is 0 Å². The summed E-state index contributed by atoms with van der Waals surface area (Å²) in [6.07, 6.45) is 1.92. The van der Waals surface area contributed by atoms with Crippen molar-refractivity contribution >= 4 is 43.6 Å². The molecule has 0 atom stereocenters. The average molecular weight is 619 g/mol. The van der Waals surface area contributed by atoms with Crippen molar-refractivity contribution in [2.75, 3.05) is 0 Å². The van der Waals surface area contributed by atoms with Gasteiger partial charge < -0.3 is 9.55 Å². The monoisotopic (exact) mass is 618 g/mol. The summed E-state index contributed by atoms with van der Waals surface area (Å²) >= 11 is 0. The van der Waals surface area contributed by atoms with Crippen LogP contribution in [0.5, 0.6) is 0 Å². The molecule has 0 radical (unpaired) electrons. The Bertz CT molecular complexity index is 2650. The maximum Gasteiger partial charge on any atom is 0.143 e. The first-order valence-electron chi connectivity index (χ1n) is 16.5. The average Bonchev–Trinajstić information content (AvgIpc) is 3.71. The fourth-order valence-corrected chi connectivity index (χ4v) is 7.32.